The van der Waals surface area contributed by atoms with Gasteiger partial charge < -0.3 is 25.6 Å². The Bertz CT molecular complexity index is 1890. The maximum atomic E-state index is 14.1. The number of ether oxygens (including phenoxy) is 1. The number of halogens is 1. The third-order valence-corrected chi connectivity index (χ3v) is 8.28. The smallest absolute Gasteiger partial charge is 0.294 e. The van der Waals surface area contributed by atoms with Crippen molar-refractivity contribution < 1.29 is 23.5 Å². The summed E-state index contributed by atoms with van der Waals surface area (Å²) in [7, 11) is 1.63. The van der Waals surface area contributed by atoms with Crippen molar-refractivity contribution in [1.29, 1.82) is 0 Å². The molecule has 1 aliphatic heterocycles. The highest BCUT2D eigenvalue weighted by Crippen LogP contribution is 2.26. The van der Waals surface area contributed by atoms with E-state index in [1.165, 1.54) is 35.0 Å². The zero-order chi connectivity index (χ0) is 35.1. The molecule has 2 heterocycles. The van der Waals surface area contributed by atoms with E-state index in [1.807, 2.05) is 19.9 Å². The lowest BCUT2D eigenvalue weighted by atomic mass is 9.99. The lowest BCUT2D eigenvalue weighted by Crippen LogP contribution is -2.38. The molecule has 49 heavy (non-hydrogen) atoms. The fourth-order valence-electron chi connectivity index (χ4n) is 5.39. The number of carbonyl (C=O) groups is 3. The van der Waals surface area contributed by atoms with E-state index in [9.17, 15) is 23.6 Å². The van der Waals surface area contributed by atoms with Crippen LogP contribution >= 0.6 is 0 Å². The van der Waals surface area contributed by atoms with E-state index in [0.717, 1.165) is 5.69 Å². The summed E-state index contributed by atoms with van der Waals surface area (Å²) in [6.45, 7) is 8.45. The molecule has 5 rings (SSSR count). The average molecular weight is 669 g/mol. The quantitative estimate of drug-likeness (QED) is 0.192. The first kappa shape index (κ1) is 35.1. The fraction of sp³-hybridized carbons (Fsp3) is 0.324. The van der Waals surface area contributed by atoms with Crippen LogP contribution in [0.1, 0.15) is 52.6 Å². The molecule has 2 amide bonds. The van der Waals surface area contributed by atoms with Crippen molar-refractivity contribution >= 4 is 29.1 Å². The van der Waals surface area contributed by atoms with Crippen LogP contribution in [0, 0.1) is 11.7 Å². The van der Waals surface area contributed by atoms with Crippen LogP contribution in [0.15, 0.2) is 77.7 Å². The van der Waals surface area contributed by atoms with Crippen molar-refractivity contribution in [3.8, 4) is 11.3 Å². The summed E-state index contributed by atoms with van der Waals surface area (Å²) in [5.41, 5.74) is 2.93. The topological polar surface area (TPSA) is 135 Å². The molecular formula is C37H41FN6O5. The number of carbonyl (C=O) groups excluding carboxylic acids is 3. The number of likely N-dealkylation sites (N-methyl/N-ethyl adjacent to an activating group) is 1. The molecule has 3 N–H and O–H groups in total. The third kappa shape index (κ3) is 8.64. The minimum absolute atomic E-state index is 0.00674. The molecule has 0 radical (unpaired) electrons. The standard InChI is InChI=1S/C37H41FN6O5/c1-23(2)20-41-36(47)28-7-5-6-27(18-28)32-21-40-34(42-35(46)24(3)39-4)37(48)44(32)22-25-16-29(33(45)26-8-10-30(38)11-9-26)19-31(17-25)43-12-14-49-15-13-43/h5-11,16-19,21,23-24,39H,12-15,20,22H2,1-4H3,(H,41,47)(H,40,42,46). The number of hydrogen-bond acceptors (Lipinski definition) is 8. The average Bonchev–Trinajstić information content (AvgIpc) is 3.12. The summed E-state index contributed by atoms with van der Waals surface area (Å²) in [6, 6.07) is 17.1. The number of nitrogens with one attached hydrogen (secondary N) is 3. The van der Waals surface area contributed by atoms with Gasteiger partial charge in [-0.15, -0.1) is 0 Å². The van der Waals surface area contributed by atoms with E-state index in [1.54, 1.807) is 50.4 Å². The maximum absolute atomic E-state index is 14.1. The van der Waals surface area contributed by atoms with Crippen molar-refractivity contribution in [3.63, 3.8) is 0 Å². The van der Waals surface area contributed by atoms with E-state index in [4.69, 9.17) is 4.74 Å². The Hall–Kier alpha value is -5.20. The van der Waals surface area contributed by atoms with E-state index in [2.05, 4.69) is 25.8 Å². The van der Waals surface area contributed by atoms with Gasteiger partial charge in [-0.25, -0.2) is 9.37 Å². The largest absolute Gasteiger partial charge is 0.378 e. The molecule has 1 fully saturated rings. The number of anilines is 2. The molecule has 3 aromatic carbocycles. The number of benzene rings is 3. The van der Waals surface area contributed by atoms with Crippen LogP contribution in [-0.4, -0.2) is 73.1 Å². The molecule has 0 spiro atoms. The van der Waals surface area contributed by atoms with Gasteiger partial charge in [-0.3, -0.25) is 23.7 Å². The van der Waals surface area contributed by atoms with E-state index < -0.39 is 23.3 Å². The van der Waals surface area contributed by atoms with E-state index >= 15 is 0 Å². The number of aromatic nitrogens is 2. The fourth-order valence-corrected chi connectivity index (χ4v) is 5.39. The Morgan fingerprint density at radius 3 is 2.37 bits per heavy atom. The highest BCUT2D eigenvalue weighted by molar-refractivity contribution is 6.09. The van der Waals surface area contributed by atoms with Crippen LogP contribution in [-0.2, 0) is 16.1 Å². The van der Waals surface area contributed by atoms with Gasteiger partial charge in [-0.05, 0) is 80.1 Å². The molecule has 0 bridgehead atoms. The summed E-state index contributed by atoms with van der Waals surface area (Å²) >= 11 is 0. The predicted octanol–water partition coefficient (Wildman–Crippen LogP) is 4.10. The Kier molecular flexibility index (Phi) is 11.3. The first-order chi connectivity index (χ1) is 23.5. The molecule has 1 aromatic heterocycles. The van der Waals surface area contributed by atoms with Gasteiger partial charge in [-0.1, -0.05) is 26.0 Å². The summed E-state index contributed by atoms with van der Waals surface area (Å²) < 4.78 is 20.7. The summed E-state index contributed by atoms with van der Waals surface area (Å²) in [6.07, 6.45) is 1.49. The maximum Gasteiger partial charge on any atom is 0.294 e. The molecule has 1 aliphatic rings. The lowest BCUT2D eigenvalue weighted by Gasteiger charge is -2.29. The van der Waals surface area contributed by atoms with Gasteiger partial charge in [-0.2, -0.15) is 0 Å². The molecule has 1 saturated heterocycles. The second-order valence-corrected chi connectivity index (χ2v) is 12.4. The van der Waals surface area contributed by atoms with Gasteiger partial charge in [0.25, 0.3) is 11.5 Å². The Morgan fingerprint density at radius 2 is 1.67 bits per heavy atom. The highest BCUT2D eigenvalue weighted by Gasteiger charge is 2.21. The minimum atomic E-state index is -0.583. The van der Waals surface area contributed by atoms with Crippen molar-refractivity contribution in [2.24, 2.45) is 5.92 Å². The normalized spacial score (nSPS) is 13.6. The first-order valence-electron chi connectivity index (χ1n) is 16.3. The monoisotopic (exact) mass is 668 g/mol. The molecule has 256 valence electrons. The van der Waals surface area contributed by atoms with Gasteiger partial charge in [0, 0.05) is 47.6 Å². The lowest BCUT2D eigenvalue weighted by molar-refractivity contribution is -0.117. The number of amides is 2. The van der Waals surface area contributed by atoms with Crippen LogP contribution < -0.4 is 26.4 Å². The zero-order valence-electron chi connectivity index (χ0n) is 28.1. The summed E-state index contributed by atoms with van der Waals surface area (Å²) in [5.74, 6) is -1.32. The van der Waals surface area contributed by atoms with Crippen molar-refractivity contribution in [1.82, 2.24) is 20.2 Å². The van der Waals surface area contributed by atoms with Crippen LogP contribution in [0.3, 0.4) is 0 Å². The molecule has 12 heteroatoms. The van der Waals surface area contributed by atoms with Gasteiger partial charge in [0.1, 0.15) is 5.82 Å². The van der Waals surface area contributed by atoms with E-state index in [0.29, 0.717) is 66.4 Å². The molecule has 4 aromatic rings. The number of nitrogens with zero attached hydrogens (tertiary/aromatic N) is 3. The second-order valence-electron chi connectivity index (χ2n) is 12.4. The van der Waals surface area contributed by atoms with Gasteiger partial charge in [0.05, 0.1) is 37.7 Å². The van der Waals surface area contributed by atoms with Crippen LogP contribution in [0.4, 0.5) is 15.9 Å². The molecule has 1 atom stereocenters. The van der Waals surface area contributed by atoms with Crippen LogP contribution in [0.5, 0.6) is 0 Å². The predicted molar refractivity (Wildman–Crippen MR) is 187 cm³/mol. The third-order valence-electron chi connectivity index (χ3n) is 8.28. The molecule has 0 saturated carbocycles. The van der Waals surface area contributed by atoms with Gasteiger partial charge >= 0.3 is 0 Å². The van der Waals surface area contributed by atoms with Gasteiger partial charge in [0.15, 0.2) is 11.6 Å². The first-order valence-corrected chi connectivity index (χ1v) is 16.3. The molecule has 1 unspecified atom stereocenters. The highest BCUT2D eigenvalue weighted by atomic mass is 19.1. The Morgan fingerprint density at radius 1 is 0.939 bits per heavy atom. The van der Waals surface area contributed by atoms with Crippen LogP contribution in [0.25, 0.3) is 11.3 Å². The Balaban J connectivity index is 1.61. The number of rotatable bonds is 12. The zero-order valence-corrected chi connectivity index (χ0v) is 28.1. The summed E-state index contributed by atoms with van der Waals surface area (Å²) in [5, 5.41) is 8.39. The number of hydrogen-bond donors (Lipinski definition) is 3. The minimum Gasteiger partial charge on any atom is -0.378 e. The van der Waals surface area contributed by atoms with Crippen molar-refractivity contribution in [2.45, 2.75) is 33.4 Å². The van der Waals surface area contributed by atoms with E-state index in [-0.39, 0.29) is 30.0 Å². The molecule has 0 aliphatic carbocycles. The number of ketones is 1. The molecule has 11 nitrogen and oxygen atoms in total. The second kappa shape index (κ2) is 15.8. The van der Waals surface area contributed by atoms with Crippen molar-refractivity contribution in [2.75, 3.05) is 50.1 Å². The van der Waals surface area contributed by atoms with Gasteiger partial charge in [0.2, 0.25) is 5.91 Å². The molecular weight excluding hydrogens is 627 g/mol. The number of morpholine rings is 1. The Labute approximate surface area is 284 Å². The van der Waals surface area contributed by atoms with Crippen LogP contribution in [0.2, 0.25) is 0 Å². The summed E-state index contributed by atoms with van der Waals surface area (Å²) in [4.78, 5) is 60.0. The van der Waals surface area contributed by atoms with Crippen molar-refractivity contribution in [3.05, 3.63) is 111 Å². The SMILES string of the molecule is CNC(C)C(=O)Nc1ncc(-c2cccc(C(=O)NCC(C)C)c2)n(Cc2cc(C(=O)c3ccc(F)cc3)cc(N3CCOCC3)c2)c1=O.